The molecule has 0 aromatic heterocycles. The molecule has 0 radical (unpaired) electrons. The zero-order valence-electron chi connectivity index (χ0n) is 78.4. The largest absolute Gasteiger partial charge is 0.458 e. The van der Waals surface area contributed by atoms with Crippen LogP contribution in [-0.2, 0) is 66.6 Å². The Labute approximate surface area is 722 Å². The standard InChI is InChI=1S/C34H56O5.C32H54O4.C30H48O9.C2H3ClO2/c1-12-23(3)26(6)32-28(38-32)21-33(8,9)18-13-14-24(4)31-25(5)15-16-29(37-27(7)35)34(10,11)19-17-22(2)20-30(36)39-31;1-11-22(3)25(6)30-26(35-30)20-31(7,8)17-12-13-23(4)29-24(5)14-15-27(33)32(9,10)18-16-21(2)19-28(34)36-29;1-8-23(33)20(4)28-24(38-28)17-29(6,35)14-9-10-18(2)27-19(3)11-12-25(37-21(5)31)30(7,36)15-13-22(32)16-26(34)39-27;1-5-2(3)4/h13-16,18,22-23,25-26,28-29,31-32H,12,17,19-21H2,1-11H3;12-15,17,21-22,24-27,29-30,33H,11,16,18-20H2,1-10H3;9-12,14,19-20,22-25,27-28,32-33,35-36H,8,13,15-17H2,1-7H3;1H3/b16-15+,18-13+,24-14+;15-14+,17-12+,23-13+;12-11+,14-9+,18-10+;. The van der Waals surface area contributed by atoms with Gasteiger partial charge >= 0.3 is 35.3 Å². The van der Waals surface area contributed by atoms with Gasteiger partial charge in [0.2, 0.25) is 0 Å². The molecule has 6 rings (SSSR count). The van der Waals surface area contributed by atoms with Gasteiger partial charge in [-0.25, -0.2) is 4.79 Å². The number of halogens is 1. The third kappa shape index (κ3) is 39.0. The number of cyclic esters (lactones) is 3. The fourth-order valence-electron chi connectivity index (χ4n) is 15.8. The first-order chi connectivity index (χ1) is 55.0. The monoisotopic (exact) mass is 1690 g/mol. The molecule has 6 heterocycles. The van der Waals surface area contributed by atoms with Gasteiger partial charge in [-0.2, -0.15) is 0 Å². The van der Waals surface area contributed by atoms with Crippen molar-refractivity contribution in [1.29, 1.82) is 0 Å². The molecule has 20 nitrogen and oxygen atoms in total. The molecule has 21 heteroatoms. The zero-order valence-corrected chi connectivity index (χ0v) is 79.1. The molecule has 0 spiro atoms. The van der Waals surface area contributed by atoms with Gasteiger partial charge in [-0.15, -0.1) is 0 Å². The Balaban J connectivity index is 0.000000448. The number of carbonyl (C=O) groups is 6. The fraction of sp³-hybridized carbons (Fsp3) is 0.755. The molecule has 5 N–H and O–H groups in total. The Morgan fingerprint density at radius 3 is 1.26 bits per heavy atom. The van der Waals surface area contributed by atoms with Crippen molar-refractivity contribution < 1.29 is 96.9 Å². The van der Waals surface area contributed by atoms with Crippen molar-refractivity contribution in [2.75, 3.05) is 7.11 Å². The average molecular weight is 1690 g/mol. The number of esters is 5. The highest BCUT2D eigenvalue weighted by Gasteiger charge is 2.49. The zero-order chi connectivity index (χ0) is 90.6. The van der Waals surface area contributed by atoms with Crippen LogP contribution in [0, 0.1) is 80.8 Å². The second kappa shape index (κ2) is 49.2. The van der Waals surface area contributed by atoms with Crippen molar-refractivity contribution in [2.45, 2.75) is 387 Å². The molecular weight excluding hydrogens is 1530 g/mol. The molecule has 0 aliphatic carbocycles. The van der Waals surface area contributed by atoms with E-state index in [4.69, 9.17) is 37.9 Å². The van der Waals surface area contributed by atoms with Crippen LogP contribution in [0.3, 0.4) is 0 Å². The maximum atomic E-state index is 12.9. The molecular formula is C98H161ClO20. The van der Waals surface area contributed by atoms with Crippen molar-refractivity contribution in [3.8, 4) is 0 Å². The second-order valence-electron chi connectivity index (χ2n) is 39.3. The van der Waals surface area contributed by atoms with Gasteiger partial charge in [0.05, 0.1) is 74.1 Å². The lowest BCUT2D eigenvalue weighted by Crippen LogP contribution is -2.42. The Kier molecular flexibility index (Phi) is 44.5. The quantitative estimate of drug-likeness (QED) is 0.0134. The van der Waals surface area contributed by atoms with Gasteiger partial charge < -0.3 is 68.2 Å². The van der Waals surface area contributed by atoms with Crippen LogP contribution in [-0.4, -0.2) is 165 Å². The van der Waals surface area contributed by atoms with E-state index in [0.717, 1.165) is 49.7 Å². The summed E-state index contributed by atoms with van der Waals surface area (Å²) in [4.78, 5) is 71.1. The first kappa shape index (κ1) is 108. The lowest BCUT2D eigenvalue weighted by Gasteiger charge is -2.34. The van der Waals surface area contributed by atoms with Crippen molar-refractivity contribution >= 4 is 46.9 Å². The Morgan fingerprint density at radius 1 is 0.521 bits per heavy atom. The summed E-state index contributed by atoms with van der Waals surface area (Å²) in [5.41, 5.74) is -1.08. The summed E-state index contributed by atoms with van der Waals surface area (Å²) in [6.45, 7) is 57.0. The molecule has 3 fully saturated rings. The summed E-state index contributed by atoms with van der Waals surface area (Å²) in [5.74, 6) is 0.808. The van der Waals surface area contributed by atoms with Crippen molar-refractivity contribution in [3.05, 3.63) is 108 Å². The van der Waals surface area contributed by atoms with Gasteiger partial charge in [-0.05, 0) is 173 Å². The predicted molar refractivity (Wildman–Crippen MR) is 473 cm³/mol. The van der Waals surface area contributed by atoms with Crippen molar-refractivity contribution in [2.24, 2.45) is 80.8 Å². The Morgan fingerprint density at radius 2 is 0.874 bits per heavy atom. The minimum Gasteiger partial charge on any atom is -0.458 e. The number of aliphatic hydroxyl groups is 5. The predicted octanol–water partition coefficient (Wildman–Crippen LogP) is 20.0. The van der Waals surface area contributed by atoms with Crippen LogP contribution >= 0.6 is 11.6 Å². The summed E-state index contributed by atoms with van der Waals surface area (Å²) >= 11 is 4.60. The first-order valence-corrected chi connectivity index (χ1v) is 44.7. The summed E-state index contributed by atoms with van der Waals surface area (Å²) in [5, 5.41) is 53.0. The van der Waals surface area contributed by atoms with E-state index in [9.17, 15) is 54.3 Å². The third-order valence-corrected chi connectivity index (χ3v) is 25.6. The lowest BCUT2D eigenvalue weighted by molar-refractivity contribution is -0.157. The van der Waals surface area contributed by atoms with E-state index in [2.05, 4.69) is 177 Å². The number of allylic oxidation sites excluding steroid dienone is 8. The van der Waals surface area contributed by atoms with Gasteiger partial charge in [-0.1, -0.05) is 237 Å². The number of carbonyl (C=O) groups excluding carboxylic acids is 6. The van der Waals surface area contributed by atoms with Crippen LogP contribution in [0.5, 0.6) is 0 Å². The van der Waals surface area contributed by atoms with Crippen LogP contribution in [0.1, 0.15) is 290 Å². The third-order valence-electron chi connectivity index (χ3n) is 25.5. The van der Waals surface area contributed by atoms with Crippen molar-refractivity contribution in [1.82, 2.24) is 0 Å². The van der Waals surface area contributed by atoms with E-state index in [-0.39, 0.29) is 125 Å². The molecule has 0 saturated carbocycles. The molecule has 6 aliphatic heterocycles. The molecule has 6 aliphatic rings. The molecule has 0 bridgehead atoms. The summed E-state index contributed by atoms with van der Waals surface area (Å²) in [6, 6.07) is 0. The van der Waals surface area contributed by atoms with Crippen molar-refractivity contribution in [3.63, 3.8) is 0 Å². The molecule has 26 unspecified atom stereocenters. The van der Waals surface area contributed by atoms with Crippen LogP contribution in [0.2, 0.25) is 0 Å². The van der Waals surface area contributed by atoms with E-state index in [1.807, 2.05) is 58.9 Å². The molecule has 680 valence electrons. The van der Waals surface area contributed by atoms with Crippen LogP contribution in [0.15, 0.2) is 108 Å². The van der Waals surface area contributed by atoms with E-state index < -0.39 is 59.1 Å². The number of ether oxygens (including phenoxy) is 9. The molecule has 0 amide bonds. The first-order valence-electron chi connectivity index (χ1n) is 44.3. The molecule has 3 saturated heterocycles. The van der Waals surface area contributed by atoms with Gasteiger partial charge in [0.15, 0.2) is 0 Å². The number of aliphatic hydroxyl groups excluding tert-OH is 3. The van der Waals surface area contributed by atoms with E-state index in [1.165, 1.54) is 40.7 Å². The summed E-state index contributed by atoms with van der Waals surface area (Å²) in [7, 11) is 1.22. The number of hydrogen-bond acceptors (Lipinski definition) is 20. The van der Waals surface area contributed by atoms with Gasteiger partial charge in [-0.3, -0.25) is 24.0 Å². The summed E-state index contributed by atoms with van der Waals surface area (Å²) in [6.07, 6.45) is 35.4. The molecule has 26 atom stereocenters. The number of rotatable bonds is 26. The molecule has 0 aromatic carbocycles. The Hall–Kier alpha value is -5.55. The normalized spacial score (nSPS) is 33.6. The molecule has 119 heavy (non-hydrogen) atoms. The minimum atomic E-state index is -1.43. The van der Waals surface area contributed by atoms with E-state index in [0.29, 0.717) is 79.3 Å². The van der Waals surface area contributed by atoms with E-state index in [1.54, 1.807) is 44.2 Å². The highest BCUT2D eigenvalue weighted by atomic mass is 35.5. The van der Waals surface area contributed by atoms with Gasteiger partial charge in [0.25, 0.3) is 0 Å². The minimum absolute atomic E-state index is 0.00166. The second-order valence-corrected chi connectivity index (χ2v) is 39.6. The SMILES string of the molecule is CCC(C)C(C)C1OC1CC(C)(C)/C=C/C=C(\C)C1OC(=O)CC(C)CCC(C)(C)C(O)/C=C/C1C.CCC(C)C(C)C1OC1CC(C)(C)/C=C/C=C(\C)C1OC(=O)CC(C)CCC(C)(C)C(OC(C)=O)/C=C/C1C.CCC(O)C(C)C1OC1CC(C)(O)/C=C/C=C(\C)C1OC(=O)CC(O)CCC(C)(O)C(OC(C)=O)/C=C/C1C.COC(=O)Cl. The van der Waals surface area contributed by atoms with E-state index >= 15 is 0 Å². The highest BCUT2D eigenvalue weighted by molar-refractivity contribution is 6.61. The number of hydrogen-bond donors (Lipinski definition) is 5. The smallest absolute Gasteiger partial charge is 0.403 e. The maximum absolute atomic E-state index is 12.9. The highest BCUT2D eigenvalue weighted by Crippen LogP contribution is 2.45. The average Bonchev–Trinajstić information content (AvgIpc) is 1.66. The van der Waals surface area contributed by atoms with Gasteiger partial charge in [0, 0.05) is 73.8 Å². The summed E-state index contributed by atoms with van der Waals surface area (Å²) < 4.78 is 50.5. The maximum Gasteiger partial charge on any atom is 0.403 e. The molecule has 0 aromatic rings. The van der Waals surface area contributed by atoms with Crippen LogP contribution in [0.4, 0.5) is 4.79 Å². The number of methoxy groups -OCH3 is 1. The number of epoxide rings is 3. The topological polar surface area (TPSA) is 297 Å². The lowest BCUT2D eigenvalue weighted by atomic mass is 9.78. The fourth-order valence-corrected chi connectivity index (χ4v) is 15.8. The van der Waals surface area contributed by atoms with Crippen LogP contribution in [0.25, 0.3) is 0 Å². The van der Waals surface area contributed by atoms with Crippen LogP contribution < -0.4 is 0 Å². The van der Waals surface area contributed by atoms with Gasteiger partial charge in [0.1, 0.15) is 36.1 Å². The Bertz CT molecular complexity index is 3310.